The molecule has 1 rings (SSSR count). The Labute approximate surface area is 89.3 Å². The highest BCUT2D eigenvalue weighted by Crippen LogP contribution is 2.11. The van der Waals surface area contributed by atoms with E-state index in [1.54, 1.807) is 0 Å². The van der Waals surface area contributed by atoms with E-state index in [4.69, 9.17) is 10.5 Å². The van der Waals surface area contributed by atoms with Gasteiger partial charge in [0.1, 0.15) is 12.4 Å². The third-order valence-electron chi connectivity index (χ3n) is 1.66. The molecule has 76 valence electrons. The van der Waals surface area contributed by atoms with Gasteiger partial charge in [0.2, 0.25) is 0 Å². The summed E-state index contributed by atoms with van der Waals surface area (Å²) in [6.45, 7) is 3.21. The third-order valence-corrected chi connectivity index (χ3v) is 1.80. The Hall–Kier alpha value is -1.29. The van der Waals surface area contributed by atoms with Crippen LogP contribution in [0, 0.1) is 6.92 Å². The lowest BCUT2D eigenvalue weighted by Crippen LogP contribution is -2.32. The molecule has 0 saturated heterocycles. The number of hydrogen-bond acceptors (Lipinski definition) is 2. The van der Waals surface area contributed by atoms with Crippen LogP contribution < -0.4 is 15.8 Å². The summed E-state index contributed by atoms with van der Waals surface area (Å²) < 4.78 is 5.46. The van der Waals surface area contributed by atoms with Gasteiger partial charge in [-0.1, -0.05) is 12.1 Å². The minimum Gasteiger partial charge on any atom is -0.492 e. The second-order valence-corrected chi connectivity index (χ2v) is 3.40. The highest BCUT2D eigenvalue weighted by atomic mass is 32.1. The number of rotatable bonds is 4. The Morgan fingerprint density at radius 1 is 1.57 bits per heavy atom. The fourth-order valence-electron chi connectivity index (χ4n) is 1.05. The van der Waals surface area contributed by atoms with Crippen LogP contribution in [-0.2, 0) is 0 Å². The number of thiocarbonyl (C=S) groups is 1. The van der Waals surface area contributed by atoms with Crippen molar-refractivity contribution in [2.75, 3.05) is 13.2 Å². The van der Waals surface area contributed by atoms with Crippen LogP contribution >= 0.6 is 12.2 Å². The molecule has 0 spiro atoms. The molecule has 4 heteroatoms. The van der Waals surface area contributed by atoms with E-state index in [0.717, 1.165) is 5.75 Å². The van der Waals surface area contributed by atoms with Crippen molar-refractivity contribution in [3.05, 3.63) is 29.8 Å². The van der Waals surface area contributed by atoms with Gasteiger partial charge in [0.25, 0.3) is 0 Å². The number of benzene rings is 1. The lowest BCUT2D eigenvalue weighted by atomic mass is 10.2. The predicted octanol–water partition coefficient (Wildman–Crippen LogP) is 1.21. The number of nitrogens with one attached hydrogen (secondary N) is 1. The highest BCUT2D eigenvalue weighted by molar-refractivity contribution is 7.80. The lowest BCUT2D eigenvalue weighted by Gasteiger charge is -2.07. The standard InChI is InChI=1S/C10H14N2OS/c1-8-3-2-4-9(7-8)13-6-5-12-10(11)14/h2-4,7H,5-6H2,1H3,(H3,11,12,14). The smallest absolute Gasteiger partial charge is 0.163 e. The molecule has 14 heavy (non-hydrogen) atoms. The fraction of sp³-hybridized carbons (Fsp3) is 0.300. The molecule has 0 fully saturated rings. The zero-order valence-electron chi connectivity index (χ0n) is 8.12. The molecule has 0 aliphatic carbocycles. The van der Waals surface area contributed by atoms with Crippen molar-refractivity contribution >= 4 is 17.3 Å². The van der Waals surface area contributed by atoms with Crippen LogP contribution in [-0.4, -0.2) is 18.3 Å². The third kappa shape index (κ3) is 4.09. The lowest BCUT2D eigenvalue weighted by molar-refractivity contribution is 0.322. The maximum absolute atomic E-state index is 5.46. The summed E-state index contributed by atoms with van der Waals surface area (Å²) in [5.41, 5.74) is 6.45. The molecule has 0 aliphatic heterocycles. The van der Waals surface area contributed by atoms with Gasteiger partial charge >= 0.3 is 0 Å². The Kier molecular flexibility index (Phi) is 4.19. The van der Waals surface area contributed by atoms with Gasteiger partial charge in [-0.25, -0.2) is 0 Å². The van der Waals surface area contributed by atoms with Gasteiger partial charge in [-0.2, -0.15) is 0 Å². The van der Waals surface area contributed by atoms with Gasteiger partial charge in [0.15, 0.2) is 5.11 Å². The van der Waals surface area contributed by atoms with E-state index in [-0.39, 0.29) is 0 Å². The van der Waals surface area contributed by atoms with Crippen LogP contribution in [0.1, 0.15) is 5.56 Å². The average molecular weight is 210 g/mol. The minimum absolute atomic E-state index is 0.304. The van der Waals surface area contributed by atoms with Gasteiger partial charge in [-0.3, -0.25) is 0 Å². The molecular formula is C10H14N2OS. The second kappa shape index (κ2) is 5.44. The van der Waals surface area contributed by atoms with Crippen molar-refractivity contribution in [2.24, 2.45) is 5.73 Å². The minimum atomic E-state index is 0.304. The molecule has 0 atom stereocenters. The molecule has 3 N–H and O–H groups in total. The predicted molar refractivity (Wildman–Crippen MR) is 61.5 cm³/mol. The number of nitrogens with two attached hydrogens (primary N) is 1. The average Bonchev–Trinajstić information content (AvgIpc) is 2.12. The largest absolute Gasteiger partial charge is 0.492 e. The van der Waals surface area contributed by atoms with Gasteiger partial charge in [-0.15, -0.1) is 0 Å². The van der Waals surface area contributed by atoms with E-state index in [9.17, 15) is 0 Å². The molecule has 1 aromatic carbocycles. The van der Waals surface area contributed by atoms with Crippen molar-refractivity contribution < 1.29 is 4.74 Å². The second-order valence-electron chi connectivity index (χ2n) is 2.96. The van der Waals surface area contributed by atoms with E-state index in [0.29, 0.717) is 18.3 Å². The van der Waals surface area contributed by atoms with E-state index >= 15 is 0 Å². The van der Waals surface area contributed by atoms with Crippen LogP contribution in [0.2, 0.25) is 0 Å². The molecule has 3 nitrogen and oxygen atoms in total. The number of hydrogen-bond donors (Lipinski definition) is 2. The summed E-state index contributed by atoms with van der Waals surface area (Å²) in [7, 11) is 0. The van der Waals surface area contributed by atoms with E-state index < -0.39 is 0 Å². The normalized spacial score (nSPS) is 9.50. The van der Waals surface area contributed by atoms with Crippen molar-refractivity contribution in [2.45, 2.75) is 6.92 Å². The first-order valence-corrected chi connectivity index (χ1v) is 4.82. The molecule has 0 unspecified atom stereocenters. The van der Waals surface area contributed by atoms with Crippen LogP contribution in [0.25, 0.3) is 0 Å². The highest BCUT2D eigenvalue weighted by Gasteiger charge is 1.93. The maximum Gasteiger partial charge on any atom is 0.163 e. The maximum atomic E-state index is 5.46. The van der Waals surface area contributed by atoms with Crippen LogP contribution in [0.4, 0.5) is 0 Å². The summed E-state index contributed by atoms with van der Waals surface area (Å²) in [6, 6.07) is 7.90. The summed E-state index contributed by atoms with van der Waals surface area (Å²) >= 11 is 4.66. The zero-order valence-corrected chi connectivity index (χ0v) is 8.93. The van der Waals surface area contributed by atoms with E-state index in [1.807, 2.05) is 31.2 Å². The fourth-order valence-corrected chi connectivity index (χ4v) is 1.15. The van der Waals surface area contributed by atoms with Crippen molar-refractivity contribution in [1.29, 1.82) is 0 Å². The van der Waals surface area contributed by atoms with E-state index in [2.05, 4.69) is 17.5 Å². The Morgan fingerprint density at radius 3 is 3.00 bits per heavy atom. The van der Waals surface area contributed by atoms with Crippen molar-refractivity contribution in [3.8, 4) is 5.75 Å². The summed E-state index contributed by atoms with van der Waals surface area (Å²) in [6.07, 6.45) is 0. The Bertz CT molecular complexity index is 315. The van der Waals surface area contributed by atoms with Gasteiger partial charge in [0, 0.05) is 0 Å². The van der Waals surface area contributed by atoms with Crippen LogP contribution in [0.3, 0.4) is 0 Å². The molecule has 0 saturated carbocycles. The Morgan fingerprint density at radius 2 is 2.36 bits per heavy atom. The Balaban J connectivity index is 2.28. The molecular weight excluding hydrogens is 196 g/mol. The number of ether oxygens (including phenoxy) is 1. The quantitative estimate of drug-likeness (QED) is 0.579. The first kappa shape index (κ1) is 10.8. The molecule has 0 radical (unpaired) electrons. The molecule has 0 aromatic heterocycles. The molecule has 0 amide bonds. The van der Waals surface area contributed by atoms with Gasteiger partial charge in [-0.05, 0) is 36.8 Å². The van der Waals surface area contributed by atoms with Crippen LogP contribution in [0.5, 0.6) is 5.75 Å². The monoisotopic (exact) mass is 210 g/mol. The van der Waals surface area contributed by atoms with E-state index in [1.165, 1.54) is 5.56 Å². The zero-order chi connectivity index (χ0) is 10.4. The topological polar surface area (TPSA) is 47.3 Å². The SMILES string of the molecule is Cc1cccc(OCCNC(N)=S)c1. The van der Waals surface area contributed by atoms with Crippen molar-refractivity contribution in [3.63, 3.8) is 0 Å². The summed E-state index contributed by atoms with van der Waals surface area (Å²) in [5.74, 6) is 0.870. The van der Waals surface area contributed by atoms with Crippen molar-refractivity contribution in [1.82, 2.24) is 5.32 Å². The van der Waals surface area contributed by atoms with Gasteiger partial charge in [0.05, 0.1) is 6.54 Å². The number of aryl methyl sites for hydroxylation is 1. The van der Waals surface area contributed by atoms with Crippen LogP contribution in [0.15, 0.2) is 24.3 Å². The summed E-state index contributed by atoms with van der Waals surface area (Å²) in [5, 5.41) is 3.12. The molecule has 1 aromatic rings. The van der Waals surface area contributed by atoms with Gasteiger partial charge < -0.3 is 15.8 Å². The first-order valence-electron chi connectivity index (χ1n) is 4.41. The molecule has 0 heterocycles. The molecule has 0 aliphatic rings. The first-order chi connectivity index (χ1) is 6.68. The summed E-state index contributed by atoms with van der Waals surface area (Å²) in [4.78, 5) is 0. The molecule has 0 bridgehead atoms.